The van der Waals surface area contributed by atoms with E-state index < -0.39 is 0 Å². The molecule has 1 saturated heterocycles. The van der Waals surface area contributed by atoms with Crippen LogP contribution in [0.15, 0.2) is 18.5 Å². The minimum atomic E-state index is 0.311. The number of morpholine rings is 1. The summed E-state index contributed by atoms with van der Waals surface area (Å²) in [5.41, 5.74) is 3.03. The maximum absolute atomic E-state index is 5.81. The van der Waals surface area contributed by atoms with Gasteiger partial charge in [0.25, 0.3) is 0 Å². The zero-order chi connectivity index (χ0) is 19.7. The van der Waals surface area contributed by atoms with Gasteiger partial charge >= 0.3 is 0 Å². The van der Waals surface area contributed by atoms with E-state index in [-0.39, 0.29) is 0 Å². The number of nitrogens with one attached hydrogen (secondary N) is 2. The van der Waals surface area contributed by atoms with Crippen LogP contribution in [0.5, 0.6) is 0 Å². The third kappa shape index (κ3) is 3.90. The van der Waals surface area contributed by atoms with Crippen molar-refractivity contribution in [2.24, 2.45) is 0 Å². The van der Waals surface area contributed by atoms with Crippen LogP contribution < -0.4 is 5.32 Å². The molecule has 3 aromatic rings. The van der Waals surface area contributed by atoms with E-state index in [4.69, 9.17) is 17.0 Å². The van der Waals surface area contributed by atoms with Crippen LogP contribution in [0, 0.1) is 4.77 Å². The number of H-pyrrole nitrogens is 1. The van der Waals surface area contributed by atoms with Crippen molar-refractivity contribution in [3.63, 3.8) is 0 Å². The molecule has 0 radical (unpaired) electrons. The normalized spacial score (nSPS) is 20.8. The van der Waals surface area contributed by atoms with Crippen LogP contribution in [0.1, 0.15) is 27.2 Å². The Labute approximate surface area is 170 Å². The number of aryl methyl sites for hydroxylation is 1. The fourth-order valence-electron chi connectivity index (χ4n) is 4.14. The Morgan fingerprint density at radius 2 is 2.04 bits per heavy atom. The van der Waals surface area contributed by atoms with Crippen molar-refractivity contribution >= 4 is 40.0 Å². The first-order valence-electron chi connectivity index (χ1n) is 10.0. The lowest BCUT2D eigenvalue weighted by atomic mass is 10.2. The van der Waals surface area contributed by atoms with Gasteiger partial charge in [0.05, 0.1) is 28.8 Å². The highest BCUT2D eigenvalue weighted by Crippen LogP contribution is 2.25. The number of benzene rings is 1. The molecule has 1 aliphatic heterocycles. The van der Waals surface area contributed by atoms with Crippen LogP contribution in [-0.4, -0.2) is 62.8 Å². The number of hydrogen-bond acceptors (Lipinski definition) is 6. The summed E-state index contributed by atoms with van der Waals surface area (Å²) < 4.78 is 8.63. The van der Waals surface area contributed by atoms with Gasteiger partial charge in [-0.3, -0.25) is 4.90 Å². The number of rotatable bonds is 6. The minimum Gasteiger partial charge on any atom is -0.373 e. The van der Waals surface area contributed by atoms with Gasteiger partial charge in [-0.1, -0.05) is 0 Å². The molecule has 3 heterocycles. The summed E-state index contributed by atoms with van der Waals surface area (Å²) in [6, 6.07) is 4.18. The Morgan fingerprint density at radius 3 is 2.79 bits per heavy atom. The average Bonchev–Trinajstić information content (AvgIpc) is 2.96. The van der Waals surface area contributed by atoms with E-state index in [0.29, 0.717) is 12.2 Å². The molecule has 2 N–H and O–H groups in total. The van der Waals surface area contributed by atoms with Gasteiger partial charge in [0, 0.05) is 38.1 Å². The van der Waals surface area contributed by atoms with Gasteiger partial charge in [0.2, 0.25) is 0 Å². The summed E-state index contributed by atoms with van der Waals surface area (Å²) >= 11 is 5.43. The van der Waals surface area contributed by atoms with Crippen molar-refractivity contribution < 1.29 is 4.74 Å². The molecular formula is C20H28N6OS. The number of fused-ring (bicyclic) bond motifs is 2. The van der Waals surface area contributed by atoms with E-state index >= 15 is 0 Å². The number of imidazole rings is 1. The van der Waals surface area contributed by atoms with Crippen molar-refractivity contribution in [1.29, 1.82) is 0 Å². The Hall–Kier alpha value is -2.03. The first-order valence-corrected chi connectivity index (χ1v) is 10.4. The first-order chi connectivity index (χ1) is 13.5. The SMILES string of the molecule is CCn1c(=S)[nH]c2cc3c(NCCCN4CC(C)OC(C)C4)ncnc3cc21. The second-order valence-corrected chi connectivity index (χ2v) is 7.97. The van der Waals surface area contributed by atoms with Crippen molar-refractivity contribution in [2.75, 3.05) is 31.5 Å². The van der Waals surface area contributed by atoms with Crippen LogP contribution in [0.3, 0.4) is 0 Å². The lowest BCUT2D eigenvalue weighted by Crippen LogP contribution is -2.45. The predicted molar refractivity (Wildman–Crippen MR) is 115 cm³/mol. The van der Waals surface area contributed by atoms with Crippen molar-refractivity contribution in [3.05, 3.63) is 23.2 Å². The van der Waals surface area contributed by atoms with Crippen molar-refractivity contribution in [1.82, 2.24) is 24.4 Å². The number of aromatic nitrogens is 4. The second kappa shape index (κ2) is 8.14. The maximum Gasteiger partial charge on any atom is 0.178 e. The number of nitrogens with zero attached hydrogens (tertiary/aromatic N) is 4. The highest BCUT2D eigenvalue weighted by atomic mass is 32.1. The molecule has 4 rings (SSSR count). The number of anilines is 1. The van der Waals surface area contributed by atoms with Gasteiger partial charge in [-0.05, 0) is 51.5 Å². The fraction of sp³-hybridized carbons (Fsp3) is 0.550. The Balaban J connectivity index is 1.46. The summed E-state index contributed by atoms with van der Waals surface area (Å²) in [5.74, 6) is 0.874. The standard InChI is InChI=1S/C20H28N6OS/c1-4-26-18-9-16-15(8-17(18)24-20(26)28)19(23-12-22-16)21-6-5-7-25-10-13(2)27-14(3)11-25/h8-9,12-14H,4-7,10-11H2,1-3H3,(H,24,28)(H,21,22,23). The smallest absolute Gasteiger partial charge is 0.178 e. The summed E-state index contributed by atoms with van der Waals surface area (Å²) in [5, 5.41) is 4.51. The third-order valence-electron chi connectivity index (χ3n) is 5.29. The molecule has 8 heteroatoms. The van der Waals surface area contributed by atoms with E-state index in [9.17, 15) is 0 Å². The van der Waals surface area contributed by atoms with Gasteiger partial charge in [-0.2, -0.15) is 0 Å². The molecule has 0 aliphatic carbocycles. The molecule has 0 saturated carbocycles. The quantitative estimate of drug-likeness (QED) is 0.487. The van der Waals surface area contributed by atoms with Crippen LogP contribution >= 0.6 is 12.2 Å². The van der Waals surface area contributed by atoms with E-state index in [1.807, 2.05) is 0 Å². The second-order valence-electron chi connectivity index (χ2n) is 7.58. The highest BCUT2D eigenvalue weighted by Gasteiger charge is 2.21. The summed E-state index contributed by atoms with van der Waals surface area (Å²) in [4.78, 5) is 14.7. The van der Waals surface area contributed by atoms with Crippen LogP contribution in [0.2, 0.25) is 0 Å². The molecule has 1 aromatic carbocycles. The largest absolute Gasteiger partial charge is 0.373 e. The molecular weight excluding hydrogens is 372 g/mol. The molecule has 0 spiro atoms. The van der Waals surface area contributed by atoms with Crippen LogP contribution in [0.25, 0.3) is 21.9 Å². The molecule has 7 nitrogen and oxygen atoms in total. The molecule has 150 valence electrons. The fourth-order valence-corrected chi connectivity index (χ4v) is 4.48. The monoisotopic (exact) mass is 400 g/mol. The van der Waals surface area contributed by atoms with E-state index in [0.717, 1.165) is 71.7 Å². The minimum absolute atomic E-state index is 0.311. The zero-order valence-electron chi connectivity index (χ0n) is 16.7. The third-order valence-corrected chi connectivity index (χ3v) is 5.61. The first kappa shape index (κ1) is 19.3. The summed E-state index contributed by atoms with van der Waals surface area (Å²) in [7, 11) is 0. The molecule has 2 unspecified atom stereocenters. The molecule has 2 atom stereocenters. The van der Waals surface area contributed by atoms with Gasteiger partial charge in [-0.25, -0.2) is 9.97 Å². The number of hydrogen-bond donors (Lipinski definition) is 2. The van der Waals surface area contributed by atoms with Gasteiger partial charge in [0.15, 0.2) is 4.77 Å². The number of ether oxygens (including phenoxy) is 1. The van der Waals surface area contributed by atoms with E-state index in [2.05, 4.69) is 62.6 Å². The van der Waals surface area contributed by atoms with Gasteiger partial charge in [0.1, 0.15) is 12.1 Å². The zero-order valence-corrected chi connectivity index (χ0v) is 17.6. The molecule has 1 fully saturated rings. The summed E-state index contributed by atoms with van der Waals surface area (Å²) in [6.07, 6.45) is 3.30. The lowest BCUT2D eigenvalue weighted by Gasteiger charge is -2.35. The van der Waals surface area contributed by atoms with Gasteiger partial charge < -0.3 is 19.6 Å². The van der Waals surface area contributed by atoms with Crippen molar-refractivity contribution in [3.8, 4) is 0 Å². The van der Waals surface area contributed by atoms with Crippen LogP contribution in [-0.2, 0) is 11.3 Å². The van der Waals surface area contributed by atoms with Gasteiger partial charge in [-0.15, -0.1) is 0 Å². The van der Waals surface area contributed by atoms with Crippen molar-refractivity contribution in [2.45, 2.75) is 45.9 Å². The number of aromatic amines is 1. The topological polar surface area (TPSA) is 71.0 Å². The average molecular weight is 401 g/mol. The van der Waals surface area contributed by atoms with E-state index in [1.165, 1.54) is 0 Å². The molecule has 1 aliphatic rings. The highest BCUT2D eigenvalue weighted by molar-refractivity contribution is 7.71. The van der Waals surface area contributed by atoms with Crippen LogP contribution in [0.4, 0.5) is 5.82 Å². The molecule has 28 heavy (non-hydrogen) atoms. The van der Waals surface area contributed by atoms with E-state index in [1.54, 1.807) is 6.33 Å². The lowest BCUT2D eigenvalue weighted by molar-refractivity contribution is -0.0678. The predicted octanol–water partition coefficient (Wildman–Crippen LogP) is 3.57. The maximum atomic E-state index is 5.81. The Kier molecular flexibility index (Phi) is 5.61. The molecule has 0 bridgehead atoms. The molecule has 2 aromatic heterocycles. The summed E-state index contributed by atoms with van der Waals surface area (Å²) in [6.45, 7) is 11.2. The Morgan fingerprint density at radius 1 is 1.25 bits per heavy atom. The Bertz CT molecular complexity index is 1020. The molecule has 0 amide bonds.